The van der Waals surface area contributed by atoms with Crippen LogP contribution in [0.3, 0.4) is 0 Å². The van der Waals surface area contributed by atoms with E-state index in [1.807, 2.05) is 60.7 Å². The second-order valence-electron chi connectivity index (χ2n) is 10.0. The Morgan fingerprint density at radius 2 is 0.825 bits per heavy atom. The number of fused-ring (bicyclic) bond motifs is 3. The molecule has 0 aliphatic heterocycles. The van der Waals surface area contributed by atoms with E-state index >= 15 is 0 Å². The first-order valence-corrected chi connectivity index (χ1v) is 13.5. The summed E-state index contributed by atoms with van der Waals surface area (Å²) in [5.74, 6) is 2.01. The van der Waals surface area contributed by atoms with Crippen molar-refractivity contribution in [2.75, 3.05) is 0 Å². The van der Waals surface area contributed by atoms with Gasteiger partial charge in [-0.2, -0.15) is 0 Å². The van der Waals surface area contributed by atoms with Gasteiger partial charge in [0.2, 0.25) is 0 Å². The van der Waals surface area contributed by atoms with Gasteiger partial charge in [0.15, 0.2) is 17.5 Å². The zero-order valence-corrected chi connectivity index (χ0v) is 21.6. The molecule has 8 rings (SSSR count). The summed E-state index contributed by atoms with van der Waals surface area (Å²) in [7, 11) is 0. The summed E-state index contributed by atoms with van der Waals surface area (Å²) in [5.41, 5.74) is 10.3. The Morgan fingerprint density at radius 1 is 0.300 bits per heavy atom. The molecule has 1 aliphatic rings. The lowest BCUT2D eigenvalue weighted by Crippen LogP contribution is -2.01. The molecule has 7 aromatic rings. The van der Waals surface area contributed by atoms with Gasteiger partial charge in [-0.3, -0.25) is 0 Å². The third kappa shape index (κ3) is 3.56. The highest BCUT2D eigenvalue weighted by atomic mass is 15.0. The van der Waals surface area contributed by atoms with E-state index in [2.05, 4.69) is 78.9 Å². The molecule has 0 spiro atoms. The van der Waals surface area contributed by atoms with Gasteiger partial charge in [0.05, 0.1) is 0 Å². The number of hydrogen-bond donors (Lipinski definition) is 0. The molecule has 0 amide bonds. The Labute approximate surface area is 232 Å². The van der Waals surface area contributed by atoms with Crippen LogP contribution in [0.1, 0.15) is 0 Å². The average molecular weight is 510 g/mol. The van der Waals surface area contributed by atoms with E-state index < -0.39 is 0 Å². The quantitative estimate of drug-likeness (QED) is 0.237. The molecule has 1 aliphatic carbocycles. The zero-order valence-electron chi connectivity index (χ0n) is 21.6. The van der Waals surface area contributed by atoms with Crippen LogP contribution in [-0.4, -0.2) is 15.0 Å². The van der Waals surface area contributed by atoms with Crippen LogP contribution >= 0.6 is 0 Å². The molecule has 0 atom stereocenters. The van der Waals surface area contributed by atoms with E-state index in [-0.39, 0.29) is 0 Å². The molecular formula is C37H23N3. The highest BCUT2D eigenvalue weighted by Crippen LogP contribution is 2.53. The lowest BCUT2D eigenvalue weighted by molar-refractivity contribution is 1.07. The number of rotatable bonds is 4. The predicted molar refractivity (Wildman–Crippen MR) is 164 cm³/mol. The highest BCUT2D eigenvalue weighted by molar-refractivity contribution is 6.21. The van der Waals surface area contributed by atoms with E-state index in [1.165, 1.54) is 44.2 Å². The topological polar surface area (TPSA) is 38.7 Å². The van der Waals surface area contributed by atoms with Gasteiger partial charge in [-0.05, 0) is 38.6 Å². The van der Waals surface area contributed by atoms with Crippen molar-refractivity contribution in [3.8, 4) is 67.5 Å². The van der Waals surface area contributed by atoms with Crippen molar-refractivity contribution < 1.29 is 0 Å². The second kappa shape index (κ2) is 9.11. The maximum atomic E-state index is 5.06. The Kier molecular flexibility index (Phi) is 5.14. The maximum Gasteiger partial charge on any atom is 0.164 e. The van der Waals surface area contributed by atoms with E-state index in [1.54, 1.807) is 0 Å². The number of benzene rings is 6. The summed E-state index contributed by atoms with van der Waals surface area (Å²) in [5, 5.41) is 2.52. The molecule has 186 valence electrons. The Morgan fingerprint density at radius 3 is 1.48 bits per heavy atom. The summed E-state index contributed by atoms with van der Waals surface area (Å²) >= 11 is 0. The van der Waals surface area contributed by atoms with Crippen LogP contribution in [0.4, 0.5) is 0 Å². The van der Waals surface area contributed by atoms with Crippen LogP contribution in [-0.2, 0) is 0 Å². The van der Waals surface area contributed by atoms with Crippen LogP contribution in [0.25, 0.3) is 78.3 Å². The number of aromatic nitrogens is 3. The molecule has 1 aromatic heterocycles. The fraction of sp³-hybridized carbons (Fsp3) is 0. The van der Waals surface area contributed by atoms with Gasteiger partial charge in [-0.1, -0.05) is 140 Å². The zero-order chi connectivity index (χ0) is 26.5. The van der Waals surface area contributed by atoms with Gasteiger partial charge in [-0.25, -0.2) is 15.0 Å². The minimum absolute atomic E-state index is 0.667. The van der Waals surface area contributed by atoms with Crippen molar-refractivity contribution in [2.45, 2.75) is 0 Å². The van der Waals surface area contributed by atoms with Gasteiger partial charge in [-0.15, -0.1) is 0 Å². The van der Waals surface area contributed by atoms with E-state index in [0.717, 1.165) is 16.7 Å². The molecular weight excluding hydrogens is 486 g/mol. The maximum absolute atomic E-state index is 5.06. The first-order valence-electron chi connectivity index (χ1n) is 13.5. The minimum Gasteiger partial charge on any atom is -0.208 e. The molecule has 3 nitrogen and oxygen atoms in total. The molecule has 0 saturated heterocycles. The summed E-state index contributed by atoms with van der Waals surface area (Å²) < 4.78 is 0. The standard InChI is InChI=1S/C37H23N3/c1-4-12-24(13-5-1)28-23-22-25-18-10-19-29-32(25)34(28)30-20-11-21-31(33(29)30)37-39-35(26-14-6-2-7-15-26)38-36(40-37)27-16-8-3-9-17-27/h1-23H. The number of hydrogen-bond acceptors (Lipinski definition) is 3. The predicted octanol–water partition coefficient (Wildman–Crippen LogP) is 9.34. The molecule has 40 heavy (non-hydrogen) atoms. The summed E-state index contributed by atoms with van der Waals surface area (Å²) in [4.78, 5) is 15.0. The van der Waals surface area contributed by atoms with Crippen LogP contribution < -0.4 is 0 Å². The lowest BCUT2D eigenvalue weighted by Gasteiger charge is -2.13. The van der Waals surface area contributed by atoms with Crippen LogP contribution in [0.5, 0.6) is 0 Å². The fourth-order valence-corrected chi connectivity index (χ4v) is 5.89. The summed E-state index contributed by atoms with van der Waals surface area (Å²) in [6.07, 6.45) is 0. The van der Waals surface area contributed by atoms with Crippen LogP contribution in [0, 0.1) is 0 Å². The van der Waals surface area contributed by atoms with E-state index in [0.29, 0.717) is 17.5 Å². The Balaban J connectivity index is 1.41. The average Bonchev–Trinajstić information content (AvgIpc) is 3.38. The molecule has 0 bridgehead atoms. The minimum atomic E-state index is 0.667. The van der Waals surface area contributed by atoms with Crippen molar-refractivity contribution in [3.63, 3.8) is 0 Å². The van der Waals surface area contributed by atoms with Crippen LogP contribution in [0.2, 0.25) is 0 Å². The molecule has 1 heterocycles. The summed E-state index contributed by atoms with van der Waals surface area (Å²) in [6.45, 7) is 0. The third-order valence-corrected chi connectivity index (χ3v) is 7.67. The van der Waals surface area contributed by atoms with E-state index in [4.69, 9.17) is 15.0 Å². The van der Waals surface area contributed by atoms with Crippen molar-refractivity contribution >= 4 is 10.8 Å². The van der Waals surface area contributed by atoms with Gasteiger partial charge in [0.1, 0.15) is 0 Å². The van der Waals surface area contributed by atoms with Gasteiger partial charge < -0.3 is 0 Å². The first-order chi connectivity index (χ1) is 19.8. The Bertz CT molecular complexity index is 1970. The van der Waals surface area contributed by atoms with Crippen molar-refractivity contribution in [2.24, 2.45) is 0 Å². The lowest BCUT2D eigenvalue weighted by atomic mass is 9.92. The first kappa shape index (κ1) is 22.6. The van der Waals surface area contributed by atoms with Gasteiger partial charge in [0.25, 0.3) is 0 Å². The van der Waals surface area contributed by atoms with Gasteiger partial charge >= 0.3 is 0 Å². The third-order valence-electron chi connectivity index (χ3n) is 7.67. The number of nitrogens with zero attached hydrogens (tertiary/aromatic N) is 3. The molecule has 3 heteroatoms. The molecule has 6 aromatic carbocycles. The monoisotopic (exact) mass is 509 g/mol. The normalized spacial score (nSPS) is 11.5. The van der Waals surface area contributed by atoms with E-state index in [9.17, 15) is 0 Å². The molecule has 0 saturated carbocycles. The van der Waals surface area contributed by atoms with Gasteiger partial charge in [0, 0.05) is 22.3 Å². The highest BCUT2D eigenvalue weighted by Gasteiger charge is 2.28. The largest absolute Gasteiger partial charge is 0.208 e. The Hall–Kier alpha value is -5.41. The van der Waals surface area contributed by atoms with Crippen molar-refractivity contribution in [1.29, 1.82) is 0 Å². The SMILES string of the molecule is c1ccc(-c2nc(-c3ccccc3)nc(-c3cccc4c3-c3cccc5ccc(-c6ccccc6)c-4c35)n2)cc1. The van der Waals surface area contributed by atoms with Crippen LogP contribution in [0.15, 0.2) is 140 Å². The molecule has 0 radical (unpaired) electrons. The smallest absolute Gasteiger partial charge is 0.164 e. The van der Waals surface area contributed by atoms with Crippen molar-refractivity contribution in [1.82, 2.24) is 15.0 Å². The van der Waals surface area contributed by atoms with Crippen molar-refractivity contribution in [3.05, 3.63) is 140 Å². The second-order valence-corrected chi connectivity index (χ2v) is 10.0. The fourth-order valence-electron chi connectivity index (χ4n) is 5.89. The molecule has 0 fully saturated rings. The molecule has 0 N–H and O–H groups in total. The molecule has 0 unspecified atom stereocenters. The summed E-state index contributed by atoms with van der Waals surface area (Å²) in [6, 6.07) is 48.5.